The summed E-state index contributed by atoms with van der Waals surface area (Å²) in [5.74, 6) is -0.143. The minimum absolute atomic E-state index is 0.0610. The number of carbonyl (C=O) groups excluding carboxylic acids is 1. The van der Waals surface area contributed by atoms with E-state index >= 15 is 0 Å². The van der Waals surface area contributed by atoms with Crippen molar-refractivity contribution in [1.82, 2.24) is 4.90 Å². The van der Waals surface area contributed by atoms with E-state index in [4.69, 9.17) is 4.18 Å². The molecule has 0 saturated heterocycles. The average Bonchev–Trinajstić information content (AvgIpc) is 2.72. The second-order valence-corrected chi connectivity index (χ2v) is 8.43. The van der Waals surface area contributed by atoms with Crippen molar-refractivity contribution in [3.8, 4) is 5.75 Å². The summed E-state index contributed by atoms with van der Waals surface area (Å²) in [6, 6.07) is 12.0. The zero-order valence-corrected chi connectivity index (χ0v) is 17.4. The van der Waals surface area contributed by atoms with E-state index in [1.165, 1.54) is 31.2 Å². The van der Waals surface area contributed by atoms with E-state index in [0.717, 1.165) is 12.0 Å². The van der Waals surface area contributed by atoms with Crippen LogP contribution in [0, 0.1) is 10.1 Å². The molecule has 0 radical (unpaired) electrons. The van der Waals surface area contributed by atoms with Crippen molar-refractivity contribution < 1.29 is 22.3 Å². The van der Waals surface area contributed by atoms with Crippen LogP contribution in [-0.2, 0) is 16.7 Å². The van der Waals surface area contributed by atoms with Crippen LogP contribution in [0.4, 0.5) is 5.69 Å². The summed E-state index contributed by atoms with van der Waals surface area (Å²) in [5, 5.41) is 10.8. The Morgan fingerprint density at radius 1 is 1.10 bits per heavy atom. The molecule has 0 saturated carbocycles. The topological polar surface area (TPSA) is 107 Å². The molecule has 0 bridgehead atoms. The van der Waals surface area contributed by atoms with E-state index in [-0.39, 0.29) is 29.1 Å². The molecule has 2 aromatic carbocycles. The molecule has 156 valence electrons. The number of nitro groups is 1. The minimum Gasteiger partial charge on any atom is -0.382 e. The van der Waals surface area contributed by atoms with Crippen molar-refractivity contribution in [2.45, 2.75) is 39.8 Å². The van der Waals surface area contributed by atoms with Crippen molar-refractivity contribution in [3.05, 3.63) is 69.8 Å². The molecule has 0 heterocycles. The van der Waals surface area contributed by atoms with Crippen LogP contribution >= 0.6 is 0 Å². The van der Waals surface area contributed by atoms with Gasteiger partial charge in [0.25, 0.3) is 11.6 Å². The fourth-order valence-electron chi connectivity index (χ4n) is 2.59. The van der Waals surface area contributed by atoms with Gasteiger partial charge in [-0.3, -0.25) is 14.9 Å². The van der Waals surface area contributed by atoms with Gasteiger partial charge in [-0.15, -0.1) is 0 Å². The van der Waals surface area contributed by atoms with Crippen LogP contribution in [0.3, 0.4) is 0 Å². The number of carbonyl (C=O) groups is 1. The molecule has 0 aliphatic heterocycles. The lowest BCUT2D eigenvalue weighted by atomic mass is 10.1. The zero-order chi connectivity index (χ0) is 21.6. The third-order valence-corrected chi connectivity index (χ3v) is 5.72. The first-order valence-electron chi connectivity index (χ1n) is 9.23. The lowest BCUT2D eigenvalue weighted by Gasteiger charge is -2.29. The Morgan fingerprint density at radius 2 is 1.69 bits per heavy atom. The van der Waals surface area contributed by atoms with Gasteiger partial charge in [0, 0.05) is 30.3 Å². The first kappa shape index (κ1) is 22.4. The number of hydrogen-bond acceptors (Lipinski definition) is 6. The predicted molar refractivity (Wildman–Crippen MR) is 109 cm³/mol. The highest BCUT2D eigenvalue weighted by molar-refractivity contribution is 7.87. The molecule has 0 N–H and O–H groups in total. The van der Waals surface area contributed by atoms with Gasteiger partial charge in [-0.2, -0.15) is 8.42 Å². The molecule has 0 unspecified atom stereocenters. The Labute approximate surface area is 170 Å². The second-order valence-electron chi connectivity index (χ2n) is 6.57. The number of amides is 1. The molecule has 0 aliphatic rings. The number of rotatable bonds is 9. The van der Waals surface area contributed by atoms with Crippen molar-refractivity contribution in [2.24, 2.45) is 0 Å². The van der Waals surface area contributed by atoms with Gasteiger partial charge in [0.1, 0.15) is 5.75 Å². The third-order valence-electron chi connectivity index (χ3n) is 4.56. The molecule has 2 rings (SSSR count). The number of nitro benzene ring substituents is 1. The normalized spacial score (nSPS) is 12.2. The first-order valence-corrected chi connectivity index (χ1v) is 10.8. The molecule has 0 fully saturated rings. The smallest absolute Gasteiger partial charge is 0.308 e. The summed E-state index contributed by atoms with van der Waals surface area (Å²) >= 11 is 0. The molecule has 0 spiro atoms. The number of nitrogens with zero attached hydrogens (tertiary/aromatic N) is 2. The van der Waals surface area contributed by atoms with Crippen LogP contribution in [0.1, 0.15) is 43.1 Å². The highest BCUT2D eigenvalue weighted by Gasteiger charge is 2.21. The van der Waals surface area contributed by atoms with Crippen molar-refractivity contribution in [2.75, 3.05) is 5.75 Å². The van der Waals surface area contributed by atoms with Crippen molar-refractivity contribution in [1.29, 1.82) is 0 Å². The standard InChI is InChI=1S/C20H24N2O6S/c1-4-15(3)21(20(23)17-8-10-18(11-9-17)22(24)25)14-16-6-12-19(13-7-16)28-29(26,27)5-2/h6-13,15H,4-5,14H2,1-3H3/t15-/m1/s1. The Hall–Kier alpha value is -2.94. The van der Waals surface area contributed by atoms with Gasteiger partial charge >= 0.3 is 10.1 Å². The largest absolute Gasteiger partial charge is 0.382 e. The fourth-order valence-corrected chi connectivity index (χ4v) is 3.11. The molecule has 8 nitrogen and oxygen atoms in total. The summed E-state index contributed by atoms with van der Waals surface area (Å²) < 4.78 is 28.1. The van der Waals surface area contributed by atoms with Gasteiger partial charge in [-0.05, 0) is 50.1 Å². The Kier molecular flexibility index (Phi) is 7.33. The van der Waals surface area contributed by atoms with E-state index in [1.807, 2.05) is 13.8 Å². The molecule has 0 aromatic heterocycles. The maximum Gasteiger partial charge on any atom is 0.308 e. The van der Waals surface area contributed by atoms with E-state index in [0.29, 0.717) is 12.1 Å². The van der Waals surface area contributed by atoms with Gasteiger partial charge in [0.2, 0.25) is 0 Å². The van der Waals surface area contributed by atoms with Gasteiger partial charge in [0.15, 0.2) is 0 Å². The summed E-state index contributed by atoms with van der Waals surface area (Å²) in [6.07, 6.45) is 0.731. The number of non-ortho nitro benzene ring substituents is 1. The van der Waals surface area contributed by atoms with E-state index in [1.54, 1.807) is 29.2 Å². The quantitative estimate of drug-likeness (QED) is 0.347. The first-order chi connectivity index (χ1) is 13.7. The summed E-state index contributed by atoms with van der Waals surface area (Å²) in [6.45, 7) is 5.70. The third kappa shape index (κ3) is 6.02. The Morgan fingerprint density at radius 3 is 2.17 bits per heavy atom. The van der Waals surface area contributed by atoms with Crippen LogP contribution in [0.2, 0.25) is 0 Å². The fraction of sp³-hybridized carbons (Fsp3) is 0.350. The molecule has 1 amide bonds. The highest BCUT2D eigenvalue weighted by Crippen LogP contribution is 2.20. The van der Waals surface area contributed by atoms with E-state index < -0.39 is 15.0 Å². The zero-order valence-electron chi connectivity index (χ0n) is 16.6. The van der Waals surface area contributed by atoms with Crippen LogP contribution in [0.5, 0.6) is 5.75 Å². The second kappa shape index (κ2) is 9.51. The SMILES string of the molecule is CC[C@@H](C)N(Cc1ccc(OS(=O)(=O)CC)cc1)C(=O)c1ccc([N+](=O)[O-])cc1. The molecule has 9 heteroatoms. The monoisotopic (exact) mass is 420 g/mol. The van der Waals surface area contributed by atoms with Crippen LogP contribution < -0.4 is 4.18 Å². The van der Waals surface area contributed by atoms with Gasteiger partial charge in [-0.25, -0.2) is 0 Å². The van der Waals surface area contributed by atoms with Gasteiger partial charge in [0.05, 0.1) is 10.7 Å². The van der Waals surface area contributed by atoms with Gasteiger partial charge in [-0.1, -0.05) is 19.1 Å². The molecule has 1 atom stereocenters. The Balaban J connectivity index is 2.20. The van der Waals surface area contributed by atoms with Crippen LogP contribution in [0.25, 0.3) is 0 Å². The highest BCUT2D eigenvalue weighted by atomic mass is 32.2. The maximum atomic E-state index is 13.0. The minimum atomic E-state index is -3.60. The Bertz CT molecular complexity index is 955. The van der Waals surface area contributed by atoms with Crippen molar-refractivity contribution >= 4 is 21.7 Å². The lowest BCUT2D eigenvalue weighted by molar-refractivity contribution is -0.384. The molecule has 2 aromatic rings. The molecule has 0 aliphatic carbocycles. The maximum absolute atomic E-state index is 13.0. The molecule has 29 heavy (non-hydrogen) atoms. The average molecular weight is 420 g/mol. The summed E-state index contributed by atoms with van der Waals surface area (Å²) in [5.41, 5.74) is 1.10. The summed E-state index contributed by atoms with van der Waals surface area (Å²) in [4.78, 5) is 25.0. The number of hydrogen-bond donors (Lipinski definition) is 0. The predicted octanol–water partition coefficient (Wildman–Crippen LogP) is 3.76. The van der Waals surface area contributed by atoms with Crippen molar-refractivity contribution in [3.63, 3.8) is 0 Å². The van der Waals surface area contributed by atoms with Gasteiger partial charge < -0.3 is 9.08 Å². The van der Waals surface area contributed by atoms with Crippen LogP contribution in [0.15, 0.2) is 48.5 Å². The van der Waals surface area contributed by atoms with E-state index in [9.17, 15) is 23.3 Å². The molecular formula is C20H24N2O6S. The molecular weight excluding hydrogens is 396 g/mol. The lowest BCUT2D eigenvalue weighted by Crippen LogP contribution is -2.37. The van der Waals surface area contributed by atoms with Crippen LogP contribution in [-0.4, -0.2) is 35.9 Å². The summed E-state index contributed by atoms with van der Waals surface area (Å²) in [7, 11) is -3.60. The van der Waals surface area contributed by atoms with E-state index in [2.05, 4.69) is 0 Å². The number of benzene rings is 2.